The second-order valence-electron chi connectivity index (χ2n) is 6.73. The van der Waals surface area contributed by atoms with Gasteiger partial charge in [-0.05, 0) is 17.7 Å². The molecule has 0 saturated heterocycles. The molecule has 29 heavy (non-hydrogen) atoms. The summed E-state index contributed by atoms with van der Waals surface area (Å²) in [4.78, 5) is 31.0. The quantitative estimate of drug-likeness (QED) is 0.717. The van der Waals surface area contributed by atoms with E-state index in [1.54, 1.807) is 27.8 Å². The van der Waals surface area contributed by atoms with Gasteiger partial charge in [-0.15, -0.1) is 0 Å². The summed E-state index contributed by atoms with van der Waals surface area (Å²) in [5.74, 6) is 0.125. The van der Waals surface area contributed by atoms with Crippen LogP contribution in [0.4, 0.5) is 0 Å². The van der Waals surface area contributed by atoms with Gasteiger partial charge in [-0.1, -0.05) is 30.3 Å². The number of carbonyl (C=O) groups is 2. The summed E-state index contributed by atoms with van der Waals surface area (Å²) in [6.07, 6.45) is 1.51. The normalized spacial score (nSPS) is 12.9. The number of pyridine rings is 1. The Bertz CT molecular complexity index is 1010. The Labute approximate surface area is 168 Å². The Balaban J connectivity index is 1.41. The molecule has 8 heteroatoms. The molecule has 8 nitrogen and oxygen atoms in total. The number of nitrogens with one attached hydrogen (secondary N) is 1. The van der Waals surface area contributed by atoms with Crippen LogP contribution in [0.5, 0.6) is 5.88 Å². The summed E-state index contributed by atoms with van der Waals surface area (Å²) in [7, 11) is 1.53. The maximum absolute atomic E-state index is 12.7. The number of nitrogens with zero attached hydrogens (tertiary/aromatic N) is 4. The molecule has 1 aliphatic rings. The van der Waals surface area contributed by atoms with Gasteiger partial charge in [0.15, 0.2) is 5.69 Å². The third kappa shape index (κ3) is 4.11. The van der Waals surface area contributed by atoms with E-state index in [9.17, 15) is 9.59 Å². The highest BCUT2D eigenvalue weighted by molar-refractivity contribution is 5.94. The van der Waals surface area contributed by atoms with E-state index >= 15 is 0 Å². The average molecular weight is 391 g/mol. The van der Waals surface area contributed by atoms with Crippen LogP contribution in [0, 0.1) is 0 Å². The van der Waals surface area contributed by atoms with Crippen molar-refractivity contribution in [3.05, 3.63) is 77.2 Å². The van der Waals surface area contributed by atoms with Crippen molar-refractivity contribution in [2.24, 2.45) is 0 Å². The van der Waals surface area contributed by atoms with Crippen molar-refractivity contribution in [3.8, 4) is 5.88 Å². The number of hydrogen-bond acceptors (Lipinski definition) is 5. The first-order valence-corrected chi connectivity index (χ1v) is 9.32. The lowest BCUT2D eigenvalue weighted by molar-refractivity contribution is 0.0705. The van der Waals surface area contributed by atoms with Crippen LogP contribution in [-0.2, 0) is 19.6 Å². The van der Waals surface area contributed by atoms with E-state index < -0.39 is 0 Å². The number of ether oxygens (including phenoxy) is 1. The fourth-order valence-corrected chi connectivity index (χ4v) is 3.23. The van der Waals surface area contributed by atoms with Crippen molar-refractivity contribution in [2.45, 2.75) is 19.6 Å². The third-order valence-electron chi connectivity index (χ3n) is 4.81. The van der Waals surface area contributed by atoms with Gasteiger partial charge in [-0.3, -0.25) is 14.3 Å². The number of aromatic nitrogens is 3. The molecule has 0 fully saturated rings. The summed E-state index contributed by atoms with van der Waals surface area (Å²) in [5.41, 5.74) is 2.71. The monoisotopic (exact) mass is 391 g/mol. The maximum atomic E-state index is 12.7. The number of carbonyl (C=O) groups excluding carboxylic acids is 2. The first-order valence-electron chi connectivity index (χ1n) is 9.32. The molecule has 4 rings (SSSR count). The minimum Gasteiger partial charge on any atom is -0.481 e. The zero-order valence-corrected chi connectivity index (χ0v) is 16.0. The molecule has 0 atom stereocenters. The largest absolute Gasteiger partial charge is 0.481 e. The Morgan fingerprint density at radius 1 is 1.14 bits per heavy atom. The van der Waals surface area contributed by atoms with Crippen molar-refractivity contribution in [1.82, 2.24) is 25.0 Å². The third-order valence-corrected chi connectivity index (χ3v) is 4.81. The molecule has 0 spiro atoms. The second-order valence-corrected chi connectivity index (χ2v) is 6.73. The smallest absolute Gasteiger partial charge is 0.272 e. The van der Waals surface area contributed by atoms with Crippen LogP contribution < -0.4 is 10.1 Å². The van der Waals surface area contributed by atoms with Gasteiger partial charge in [0, 0.05) is 25.4 Å². The van der Waals surface area contributed by atoms with Crippen LogP contribution in [0.15, 0.2) is 54.7 Å². The van der Waals surface area contributed by atoms with Gasteiger partial charge >= 0.3 is 0 Å². The first-order chi connectivity index (χ1) is 14.1. The van der Waals surface area contributed by atoms with E-state index in [1.807, 2.05) is 30.3 Å². The number of amides is 2. The van der Waals surface area contributed by atoms with Gasteiger partial charge in [-0.2, -0.15) is 5.10 Å². The lowest BCUT2D eigenvalue weighted by Crippen LogP contribution is -2.38. The standard InChI is InChI=1S/C21H21N5O3/c1-29-19-8-7-16(13-22-19)21(28)25-9-10-26-17(14-25)11-18(24-26)20(27)23-12-15-5-3-2-4-6-15/h2-8,11,13H,9-10,12,14H2,1H3,(H,23,27). The van der Waals surface area contributed by atoms with E-state index in [0.717, 1.165) is 11.3 Å². The SMILES string of the molecule is COc1ccc(C(=O)N2CCn3nc(C(=O)NCc4ccccc4)cc3C2)cn1. The topological polar surface area (TPSA) is 89.4 Å². The number of hydrogen-bond donors (Lipinski definition) is 1. The van der Waals surface area contributed by atoms with Crippen LogP contribution in [0.25, 0.3) is 0 Å². The van der Waals surface area contributed by atoms with Crippen molar-refractivity contribution in [1.29, 1.82) is 0 Å². The van der Waals surface area contributed by atoms with Gasteiger partial charge < -0.3 is 15.0 Å². The highest BCUT2D eigenvalue weighted by Crippen LogP contribution is 2.17. The van der Waals surface area contributed by atoms with Gasteiger partial charge in [0.2, 0.25) is 5.88 Å². The van der Waals surface area contributed by atoms with Gasteiger partial charge in [-0.25, -0.2) is 4.98 Å². The van der Waals surface area contributed by atoms with Crippen LogP contribution >= 0.6 is 0 Å². The molecule has 1 aliphatic heterocycles. The number of fused-ring (bicyclic) bond motifs is 1. The van der Waals surface area contributed by atoms with Crippen LogP contribution in [0.1, 0.15) is 32.1 Å². The summed E-state index contributed by atoms with van der Waals surface area (Å²) < 4.78 is 6.81. The Morgan fingerprint density at radius 3 is 2.69 bits per heavy atom. The van der Waals surface area contributed by atoms with Crippen molar-refractivity contribution in [3.63, 3.8) is 0 Å². The zero-order chi connectivity index (χ0) is 20.2. The minimum atomic E-state index is -0.229. The predicted octanol–water partition coefficient (Wildman–Crippen LogP) is 1.87. The Kier molecular flexibility index (Phi) is 5.24. The molecule has 0 saturated carbocycles. The van der Waals surface area contributed by atoms with Gasteiger partial charge in [0.05, 0.1) is 31.5 Å². The Hall–Kier alpha value is -3.68. The molecule has 0 aliphatic carbocycles. The highest BCUT2D eigenvalue weighted by Gasteiger charge is 2.25. The highest BCUT2D eigenvalue weighted by atomic mass is 16.5. The molecule has 0 radical (unpaired) electrons. The summed E-state index contributed by atoms with van der Waals surface area (Å²) in [6.45, 7) is 1.89. The predicted molar refractivity (Wildman–Crippen MR) is 105 cm³/mol. The van der Waals surface area contributed by atoms with E-state index in [0.29, 0.717) is 43.3 Å². The summed E-state index contributed by atoms with van der Waals surface area (Å²) >= 11 is 0. The van der Waals surface area contributed by atoms with Crippen LogP contribution in [0.2, 0.25) is 0 Å². The minimum absolute atomic E-state index is 0.109. The van der Waals surface area contributed by atoms with Crippen molar-refractivity contribution < 1.29 is 14.3 Å². The summed E-state index contributed by atoms with van der Waals surface area (Å²) in [6, 6.07) is 14.8. The lowest BCUT2D eigenvalue weighted by Gasteiger charge is -2.27. The molecular formula is C21H21N5O3. The number of methoxy groups -OCH3 is 1. The average Bonchev–Trinajstić information content (AvgIpc) is 3.21. The van der Waals surface area contributed by atoms with Crippen molar-refractivity contribution in [2.75, 3.05) is 13.7 Å². The molecule has 3 heterocycles. The van der Waals surface area contributed by atoms with Gasteiger partial charge in [0.1, 0.15) is 0 Å². The van der Waals surface area contributed by atoms with Crippen LogP contribution in [0.3, 0.4) is 0 Å². The number of benzene rings is 1. The first kappa shape index (κ1) is 18.7. The molecule has 2 amide bonds. The molecular weight excluding hydrogens is 370 g/mol. The van der Waals surface area contributed by atoms with E-state index in [1.165, 1.54) is 13.3 Å². The fourth-order valence-electron chi connectivity index (χ4n) is 3.23. The summed E-state index contributed by atoms with van der Waals surface area (Å²) in [5, 5.41) is 7.27. The molecule has 1 aromatic carbocycles. The Morgan fingerprint density at radius 2 is 1.97 bits per heavy atom. The fraction of sp³-hybridized carbons (Fsp3) is 0.238. The van der Waals surface area contributed by atoms with Crippen LogP contribution in [-0.4, -0.2) is 45.1 Å². The second kappa shape index (κ2) is 8.14. The van der Waals surface area contributed by atoms with E-state index in [2.05, 4.69) is 15.4 Å². The van der Waals surface area contributed by atoms with E-state index in [-0.39, 0.29) is 11.8 Å². The van der Waals surface area contributed by atoms with Crippen molar-refractivity contribution >= 4 is 11.8 Å². The molecule has 0 bridgehead atoms. The molecule has 3 aromatic rings. The molecule has 0 unspecified atom stereocenters. The molecule has 148 valence electrons. The van der Waals surface area contributed by atoms with Gasteiger partial charge in [0.25, 0.3) is 11.8 Å². The van der Waals surface area contributed by atoms with E-state index in [4.69, 9.17) is 4.74 Å². The lowest BCUT2D eigenvalue weighted by atomic mass is 10.2. The maximum Gasteiger partial charge on any atom is 0.272 e. The molecule has 2 aromatic heterocycles. The zero-order valence-electron chi connectivity index (χ0n) is 16.0. The molecule has 1 N–H and O–H groups in total. The number of rotatable bonds is 5.